The quantitative estimate of drug-likeness (QED) is 0.230. The highest BCUT2D eigenvalue weighted by Crippen LogP contribution is 2.37. The predicted molar refractivity (Wildman–Crippen MR) is 111 cm³/mol. The third kappa shape index (κ3) is 5.70. The van der Waals surface area contributed by atoms with Crippen LogP contribution in [0.3, 0.4) is 0 Å². The van der Waals surface area contributed by atoms with Crippen molar-refractivity contribution in [2.24, 2.45) is 11.8 Å². The van der Waals surface area contributed by atoms with Crippen LogP contribution in [0.5, 0.6) is 0 Å². The standard InChI is InChI=1S/C23H30O8/c1-12(2)20(25)30-19-17-14(4)21(26)29-16(17)10-13(3)8-7-9-15(11-24)18(19)31-22(27)23(5,6)28/h9-12,16-19,28H,4,7-8H2,1-3,5-6H3/b13-10+,15-9-/t16-,17+,18-,19-/m0/s1. The average molecular weight is 434 g/mol. The Bertz CT molecular complexity index is 827. The molecule has 31 heavy (non-hydrogen) atoms. The molecule has 1 fully saturated rings. The van der Waals surface area contributed by atoms with Crippen molar-refractivity contribution in [2.75, 3.05) is 0 Å². The summed E-state index contributed by atoms with van der Waals surface area (Å²) < 4.78 is 16.6. The van der Waals surface area contributed by atoms with E-state index in [0.717, 1.165) is 5.57 Å². The summed E-state index contributed by atoms with van der Waals surface area (Å²) in [6, 6.07) is 0. The molecule has 1 saturated heterocycles. The molecule has 8 nitrogen and oxygen atoms in total. The van der Waals surface area contributed by atoms with Crippen LogP contribution in [0.15, 0.2) is 35.5 Å². The Labute approximate surface area is 181 Å². The molecule has 1 heterocycles. The fourth-order valence-corrected chi connectivity index (χ4v) is 3.37. The van der Waals surface area contributed by atoms with Gasteiger partial charge in [-0.3, -0.25) is 9.59 Å². The summed E-state index contributed by atoms with van der Waals surface area (Å²) in [5.74, 6) is -3.68. The van der Waals surface area contributed by atoms with E-state index in [-0.39, 0.29) is 11.1 Å². The molecule has 0 unspecified atom stereocenters. The van der Waals surface area contributed by atoms with Crippen LogP contribution in [0, 0.1) is 11.8 Å². The number of aliphatic hydroxyl groups is 1. The Kier molecular flexibility index (Phi) is 7.59. The zero-order valence-electron chi connectivity index (χ0n) is 18.5. The summed E-state index contributed by atoms with van der Waals surface area (Å²) in [7, 11) is 0. The first-order valence-electron chi connectivity index (χ1n) is 10.2. The zero-order valence-corrected chi connectivity index (χ0v) is 18.5. The molecule has 0 aromatic carbocycles. The van der Waals surface area contributed by atoms with Crippen molar-refractivity contribution in [1.29, 1.82) is 0 Å². The third-order valence-corrected chi connectivity index (χ3v) is 5.20. The smallest absolute Gasteiger partial charge is 0.338 e. The molecule has 0 bridgehead atoms. The Morgan fingerprint density at radius 2 is 1.97 bits per heavy atom. The van der Waals surface area contributed by atoms with Crippen molar-refractivity contribution in [3.05, 3.63) is 35.5 Å². The molecule has 0 amide bonds. The van der Waals surface area contributed by atoms with Gasteiger partial charge in [0.05, 0.1) is 11.8 Å². The van der Waals surface area contributed by atoms with E-state index in [0.29, 0.717) is 19.1 Å². The minimum absolute atomic E-state index is 0.0470. The molecule has 0 saturated carbocycles. The SMILES string of the molecule is C=C1C(=O)O[C@H]2/C=C(\C)CC/C=C(/C=O)[C@H](OC(=O)C(C)(C)O)[C@@H](OC(=O)C(C)C)[C@H]12. The minimum atomic E-state index is -1.86. The maximum Gasteiger partial charge on any atom is 0.338 e. The van der Waals surface area contributed by atoms with Crippen molar-refractivity contribution >= 4 is 24.2 Å². The van der Waals surface area contributed by atoms with Gasteiger partial charge in [-0.05, 0) is 39.7 Å². The molecule has 2 rings (SSSR count). The summed E-state index contributed by atoms with van der Waals surface area (Å²) in [5, 5.41) is 10.1. The molecule has 1 aliphatic heterocycles. The van der Waals surface area contributed by atoms with Gasteiger partial charge in [-0.1, -0.05) is 32.1 Å². The second-order valence-corrected chi connectivity index (χ2v) is 8.74. The molecular weight excluding hydrogens is 404 g/mol. The molecule has 0 spiro atoms. The van der Waals surface area contributed by atoms with Crippen LogP contribution in [-0.2, 0) is 33.4 Å². The van der Waals surface area contributed by atoms with Crippen LogP contribution in [-0.4, -0.2) is 53.2 Å². The van der Waals surface area contributed by atoms with Gasteiger partial charge in [0.15, 0.2) is 17.8 Å². The van der Waals surface area contributed by atoms with Gasteiger partial charge < -0.3 is 19.3 Å². The number of fused-ring (bicyclic) bond motifs is 1. The molecule has 8 heteroatoms. The monoisotopic (exact) mass is 434 g/mol. The van der Waals surface area contributed by atoms with Crippen LogP contribution in [0.2, 0.25) is 0 Å². The molecule has 1 N–H and O–H groups in total. The van der Waals surface area contributed by atoms with Crippen LogP contribution in [0.25, 0.3) is 0 Å². The number of allylic oxidation sites excluding steroid dienone is 2. The highest BCUT2D eigenvalue weighted by molar-refractivity contribution is 5.91. The highest BCUT2D eigenvalue weighted by Gasteiger charge is 2.50. The number of rotatable bonds is 5. The van der Waals surface area contributed by atoms with E-state index < -0.39 is 53.7 Å². The number of hydrogen-bond acceptors (Lipinski definition) is 8. The van der Waals surface area contributed by atoms with Crippen LogP contribution < -0.4 is 0 Å². The first kappa shape index (κ1) is 24.5. The molecule has 170 valence electrons. The van der Waals surface area contributed by atoms with Gasteiger partial charge in [0.1, 0.15) is 12.4 Å². The van der Waals surface area contributed by atoms with Gasteiger partial charge in [0.25, 0.3) is 0 Å². The van der Waals surface area contributed by atoms with Gasteiger partial charge >= 0.3 is 17.9 Å². The van der Waals surface area contributed by atoms with Crippen molar-refractivity contribution in [3.63, 3.8) is 0 Å². The fourth-order valence-electron chi connectivity index (χ4n) is 3.37. The van der Waals surface area contributed by atoms with Crippen molar-refractivity contribution in [1.82, 2.24) is 0 Å². The van der Waals surface area contributed by atoms with Gasteiger partial charge in [-0.15, -0.1) is 0 Å². The first-order valence-corrected chi connectivity index (χ1v) is 10.2. The lowest BCUT2D eigenvalue weighted by atomic mass is 9.83. The lowest BCUT2D eigenvalue weighted by molar-refractivity contribution is -0.181. The van der Waals surface area contributed by atoms with E-state index in [1.54, 1.807) is 26.0 Å². The largest absolute Gasteiger partial charge is 0.457 e. The Morgan fingerprint density at radius 3 is 2.52 bits per heavy atom. The van der Waals surface area contributed by atoms with Crippen LogP contribution >= 0.6 is 0 Å². The maximum absolute atomic E-state index is 12.5. The predicted octanol–water partition coefficient (Wildman–Crippen LogP) is 2.20. The number of hydrogen-bond donors (Lipinski definition) is 1. The Morgan fingerprint density at radius 1 is 1.32 bits per heavy atom. The van der Waals surface area contributed by atoms with Crippen molar-refractivity contribution < 1.29 is 38.5 Å². The lowest BCUT2D eigenvalue weighted by Gasteiger charge is -2.34. The summed E-state index contributed by atoms with van der Waals surface area (Å²) >= 11 is 0. The maximum atomic E-state index is 12.5. The van der Waals surface area contributed by atoms with E-state index >= 15 is 0 Å². The number of aldehydes is 1. The molecule has 0 aromatic rings. The average Bonchev–Trinajstić information content (AvgIpc) is 2.93. The molecule has 2 aliphatic rings. The number of ether oxygens (including phenoxy) is 3. The number of carbonyl (C=O) groups excluding carboxylic acids is 4. The summed E-state index contributed by atoms with van der Waals surface area (Å²) in [5.41, 5.74) is -0.824. The van der Waals surface area contributed by atoms with Gasteiger partial charge in [-0.2, -0.15) is 0 Å². The van der Waals surface area contributed by atoms with Crippen molar-refractivity contribution in [2.45, 2.75) is 71.4 Å². The minimum Gasteiger partial charge on any atom is -0.457 e. The van der Waals surface area contributed by atoms with Crippen molar-refractivity contribution in [3.8, 4) is 0 Å². The third-order valence-electron chi connectivity index (χ3n) is 5.20. The lowest BCUT2D eigenvalue weighted by Crippen LogP contribution is -2.48. The molecule has 4 atom stereocenters. The molecule has 1 aliphatic carbocycles. The first-order chi connectivity index (χ1) is 14.4. The second-order valence-electron chi connectivity index (χ2n) is 8.74. The zero-order chi connectivity index (χ0) is 23.5. The Balaban J connectivity index is 2.65. The number of esters is 3. The number of carbonyl (C=O) groups is 4. The molecule has 0 aromatic heterocycles. The summed E-state index contributed by atoms with van der Waals surface area (Å²) in [6.07, 6.45) is 1.48. The molecular formula is C23H30O8. The van der Waals surface area contributed by atoms with E-state index in [9.17, 15) is 24.3 Å². The van der Waals surface area contributed by atoms with Crippen LogP contribution in [0.4, 0.5) is 0 Å². The topological polar surface area (TPSA) is 116 Å². The van der Waals surface area contributed by atoms with E-state index in [1.807, 2.05) is 6.92 Å². The van der Waals surface area contributed by atoms with Gasteiger partial charge in [0.2, 0.25) is 0 Å². The summed E-state index contributed by atoms with van der Waals surface area (Å²) in [4.78, 5) is 49.3. The molecule has 0 radical (unpaired) electrons. The normalized spacial score (nSPS) is 30.3. The van der Waals surface area contributed by atoms with Gasteiger partial charge in [0, 0.05) is 11.1 Å². The van der Waals surface area contributed by atoms with Gasteiger partial charge in [-0.25, -0.2) is 9.59 Å². The fraction of sp³-hybridized carbons (Fsp3) is 0.565. The van der Waals surface area contributed by atoms with E-state index in [4.69, 9.17) is 14.2 Å². The van der Waals surface area contributed by atoms with E-state index in [2.05, 4.69) is 6.58 Å². The Hall–Kier alpha value is -2.74. The van der Waals surface area contributed by atoms with Crippen LogP contribution in [0.1, 0.15) is 47.5 Å². The summed E-state index contributed by atoms with van der Waals surface area (Å²) in [6.45, 7) is 11.4. The highest BCUT2D eigenvalue weighted by atomic mass is 16.6. The van der Waals surface area contributed by atoms with E-state index in [1.165, 1.54) is 13.8 Å². The second kappa shape index (κ2) is 9.60.